The van der Waals surface area contributed by atoms with Crippen molar-refractivity contribution in [3.05, 3.63) is 58.6 Å². The van der Waals surface area contributed by atoms with Gasteiger partial charge in [0.05, 0.1) is 47.3 Å². The van der Waals surface area contributed by atoms with Crippen molar-refractivity contribution in [3.63, 3.8) is 0 Å². The Morgan fingerprint density at radius 2 is 1.91 bits per heavy atom. The molecule has 0 amide bonds. The fourth-order valence-electron chi connectivity index (χ4n) is 3.60. The number of aromatic amines is 2. The number of benzene rings is 2. The van der Waals surface area contributed by atoms with Crippen LogP contribution in [0.5, 0.6) is 5.75 Å². The second-order valence-electron chi connectivity index (χ2n) is 7.76. The van der Waals surface area contributed by atoms with E-state index < -0.39 is 36.0 Å². The van der Waals surface area contributed by atoms with Gasteiger partial charge in [0, 0.05) is 17.9 Å². The maximum absolute atomic E-state index is 14.1. The lowest BCUT2D eigenvalue weighted by Gasteiger charge is -2.14. The Morgan fingerprint density at radius 3 is 2.70 bits per heavy atom. The fourth-order valence-corrected chi connectivity index (χ4v) is 3.60. The van der Waals surface area contributed by atoms with Crippen LogP contribution in [0.1, 0.15) is 19.3 Å². The van der Waals surface area contributed by atoms with Gasteiger partial charge in [0.2, 0.25) is 0 Å². The van der Waals surface area contributed by atoms with Gasteiger partial charge in [-0.15, -0.1) is 0 Å². The van der Waals surface area contributed by atoms with Crippen LogP contribution in [0.15, 0.2) is 47.3 Å². The van der Waals surface area contributed by atoms with Gasteiger partial charge in [0.1, 0.15) is 17.4 Å². The zero-order chi connectivity index (χ0) is 23.5. The summed E-state index contributed by atoms with van der Waals surface area (Å²) in [6.45, 7) is 0.150. The summed E-state index contributed by atoms with van der Waals surface area (Å²) in [6.07, 6.45) is -2.30. The maximum Gasteiger partial charge on any atom is 0.305 e. The number of carboxylic acid groups (broad SMARTS) is 1. The lowest BCUT2D eigenvalue weighted by atomic mass is 10.1. The first-order valence-electron chi connectivity index (χ1n) is 10.3. The van der Waals surface area contributed by atoms with Crippen LogP contribution in [0.25, 0.3) is 33.3 Å². The fraction of sp³-hybridized carbons (Fsp3) is 0.261. The first-order chi connectivity index (χ1) is 15.8. The molecule has 2 aromatic heterocycles. The largest absolute Gasteiger partial charge is 0.493 e. The van der Waals surface area contributed by atoms with E-state index in [9.17, 15) is 24.2 Å². The lowest BCUT2D eigenvalue weighted by Crippen LogP contribution is -2.22. The summed E-state index contributed by atoms with van der Waals surface area (Å²) < 4.78 is 19.8. The topological polar surface area (TPSA) is 149 Å². The van der Waals surface area contributed by atoms with Gasteiger partial charge in [0.15, 0.2) is 0 Å². The smallest absolute Gasteiger partial charge is 0.305 e. The van der Waals surface area contributed by atoms with Crippen molar-refractivity contribution < 1.29 is 29.2 Å². The molecule has 0 aliphatic rings. The summed E-state index contributed by atoms with van der Waals surface area (Å²) in [4.78, 5) is 33.2. The highest BCUT2D eigenvalue weighted by molar-refractivity contribution is 5.85. The molecular weight excluding hydrogens is 433 g/mol. The number of hydrogen-bond acceptors (Lipinski definition) is 6. The lowest BCUT2D eigenvalue weighted by molar-refractivity contribution is -0.139. The normalized spacial score (nSPS) is 13.3. The third-order valence-corrected chi connectivity index (χ3v) is 5.22. The van der Waals surface area contributed by atoms with E-state index in [-0.39, 0.29) is 36.2 Å². The SMILES string of the molecule is O=C(O)CC(O)CC(O)CCOc1ccc2nc(-c3cc4c(F)cccc4[nH]c3=O)[nH]c2c1. The summed E-state index contributed by atoms with van der Waals surface area (Å²) in [5.41, 5.74) is 1.39. The van der Waals surface area contributed by atoms with Crippen LogP contribution in [0.3, 0.4) is 0 Å². The number of nitrogens with zero attached hydrogens (tertiary/aromatic N) is 1. The Balaban J connectivity index is 1.47. The molecule has 4 rings (SSSR count). The highest BCUT2D eigenvalue weighted by atomic mass is 19.1. The number of ether oxygens (including phenoxy) is 1. The van der Waals surface area contributed by atoms with E-state index in [0.29, 0.717) is 22.3 Å². The molecule has 0 aliphatic heterocycles. The Hall–Kier alpha value is -3.76. The molecule has 172 valence electrons. The van der Waals surface area contributed by atoms with E-state index in [2.05, 4.69) is 15.0 Å². The van der Waals surface area contributed by atoms with Crippen LogP contribution >= 0.6 is 0 Å². The quantitative estimate of drug-likeness (QED) is 0.260. The molecule has 0 saturated heterocycles. The minimum absolute atomic E-state index is 0.0560. The van der Waals surface area contributed by atoms with Gasteiger partial charge in [-0.1, -0.05) is 6.07 Å². The summed E-state index contributed by atoms with van der Waals surface area (Å²) >= 11 is 0. The van der Waals surface area contributed by atoms with Gasteiger partial charge >= 0.3 is 5.97 Å². The number of hydrogen-bond donors (Lipinski definition) is 5. The summed E-state index contributed by atoms with van der Waals surface area (Å²) in [7, 11) is 0. The molecular formula is C23H22FN3O6. The molecule has 9 nitrogen and oxygen atoms in total. The highest BCUT2D eigenvalue weighted by Crippen LogP contribution is 2.25. The number of rotatable bonds is 9. The van der Waals surface area contributed by atoms with E-state index in [0.717, 1.165) is 0 Å². The maximum atomic E-state index is 14.1. The molecule has 5 N–H and O–H groups in total. The number of carbonyl (C=O) groups is 1. The van der Waals surface area contributed by atoms with Gasteiger partial charge in [-0.3, -0.25) is 9.59 Å². The van der Waals surface area contributed by atoms with E-state index in [1.165, 1.54) is 18.2 Å². The molecule has 33 heavy (non-hydrogen) atoms. The number of aliphatic carboxylic acids is 1. The Labute approximate surface area is 186 Å². The molecule has 0 bridgehead atoms. The zero-order valence-corrected chi connectivity index (χ0v) is 17.4. The Kier molecular flexibility index (Phi) is 6.38. The van der Waals surface area contributed by atoms with Crippen LogP contribution < -0.4 is 10.3 Å². The number of aliphatic hydroxyl groups is 2. The van der Waals surface area contributed by atoms with Gasteiger partial charge < -0.3 is 30.0 Å². The van der Waals surface area contributed by atoms with E-state index in [1.807, 2.05) is 0 Å². The van der Waals surface area contributed by atoms with Gasteiger partial charge in [0.25, 0.3) is 5.56 Å². The van der Waals surface area contributed by atoms with E-state index in [4.69, 9.17) is 9.84 Å². The number of aromatic nitrogens is 3. The van der Waals surface area contributed by atoms with Crippen molar-refractivity contribution >= 4 is 27.9 Å². The molecule has 0 saturated carbocycles. The van der Waals surface area contributed by atoms with Gasteiger partial charge in [-0.05, 0) is 36.8 Å². The summed E-state index contributed by atoms with van der Waals surface area (Å²) in [5, 5.41) is 28.4. The number of pyridine rings is 1. The number of halogens is 1. The number of imidazole rings is 1. The molecule has 4 aromatic rings. The minimum Gasteiger partial charge on any atom is -0.493 e. The van der Waals surface area contributed by atoms with Crippen molar-refractivity contribution in [1.82, 2.24) is 15.0 Å². The van der Waals surface area contributed by atoms with Crippen molar-refractivity contribution in [2.75, 3.05) is 6.61 Å². The van der Waals surface area contributed by atoms with Gasteiger partial charge in [-0.25, -0.2) is 9.37 Å². The number of H-pyrrole nitrogens is 2. The van der Waals surface area contributed by atoms with Crippen molar-refractivity contribution in [1.29, 1.82) is 0 Å². The number of nitrogens with one attached hydrogen (secondary N) is 2. The number of aliphatic hydroxyl groups excluding tert-OH is 2. The average molecular weight is 455 g/mol. The number of fused-ring (bicyclic) bond motifs is 2. The molecule has 0 spiro atoms. The summed E-state index contributed by atoms with van der Waals surface area (Å²) in [5.74, 6) is -0.797. The van der Waals surface area contributed by atoms with E-state index >= 15 is 0 Å². The standard InChI is InChI=1S/C23H22FN3O6/c24-17-2-1-3-18-15(17)11-16(23(32)27-18)22-25-19-5-4-14(10-20(19)26-22)33-7-6-12(28)8-13(29)9-21(30)31/h1-5,10-13,28-29H,6-9H2,(H,25,26)(H,27,32)(H,30,31). The molecule has 0 radical (unpaired) electrons. The van der Waals surface area contributed by atoms with Crippen molar-refractivity contribution in [2.45, 2.75) is 31.5 Å². The molecule has 2 aromatic carbocycles. The monoisotopic (exact) mass is 455 g/mol. The van der Waals surface area contributed by atoms with Crippen molar-refractivity contribution in [3.8, 4) is 17.1 Å². The third kappa shape index (κ3) is 5.18. The zero-order valence-electron chi connectivity index (χ0n) is 17.4. The predicted molar refractivity (Wildman–Crippen MR) is 119 cm³/mol. The van der Waals surface area contributed by atoms with Crippen LogP contribution in [0.4, 0.5) is 4.39 Å². The van der Waals surface area contributed by atoms with Crippen molar-refractivity contribution in [2.24, 2.45) is 0 Å². The molecule has 10 heteroatoms. The molecule has 2 atom stereocenters. The number of carboxylic acids is 1. The second-order valence-corrected chi connectivity index (χ2v) is 7.76. The van der Waals surface area contributed by atoms with Crippen LogP contribution in [-0.4, -0.2) is 55.1 Å². The first kappa shape index (κ1) is 22.4. The molecule has 2 unspecified atom stereocenters. The van der Waals surface area contributed by atoms with Crippen LogP contribution in [0, 0.1) is 5.82 Å². The van der Waals surface area contributed by atoms with Crippen LogP contribution in [-0.2, 0) is 4.79 Å². The second kappa shape index (κ2) is 9.39. The third-order valence-electron chi connectivity index (χ3n) is 5.22. The summed E-state index contributed by atoms with van der Waals surface area (Å²) in [6, 6.07) is 11.0. The molecule has 0 fully saturated rings. The average Bonchev–Trinajstić information content (AvgIpc) is 3.16. The van der Waals surface area contributed by atoms with Crippen LogP contribution in [0.2, 0.25) is 0 Å². The highest BCUT2D eigenvalue weighted by Gasteiger charge is 2.16. The molecule has 2 heterocycles. The minimum atomic E-state index is -1.13. The van der Waals surface area contributed by atoms with E-state index in [1.54, 1.807) is 24.3 Å². The predicted octanol–water partition coefficient (Wildman–Crippen LogP) is 2.57. The first-order valence-corrected chi connectivity index (χ1v) is 10.3. The Bertz CT molecular complexity index is 1370. The molecule has 0 aliphatic carbocycles. The Morgan fingerprint density at radius 1 is 1.09 bits per heavy atom. The van der Waals surface area contributed by atoms with Gasteiger partial charge in [-0.2, -0.15) is 0 Å².